The van der Waals surface area contributed by atoms with E-state index in [2.05, 4.69) is 27.8 Å². The number of aryl methyl sites for hydroxylation is 2. The SMILES string of the molecule is Cc1cccc(NC(=O)c2sc3[nH+]c4c(c(-c5cccs5)c3c2N)CCCCC4)c1. The first-order valence-corrected chi connectivity index (χ1v) is 12.0. The fraction of sp³-hybridized carbons (Fsp3) is 0.250. The molecule has 4 N–H and O–H groups in total. The lowest BCUT2D eigenvalue weighted by atomic mass is 9.97. The number of hydrogen-bond donors (Lipinski definition) is 2. The summed E-state index contributed by atoms with van der Waals surface area (Å²) in [7, 11) is 0. The van der Waals surface area contributed by atoms with E-state index in [1.54, 1.807) is 11.3 Å². The van der Waals surface area contributed by atoms with Crippen molar-refractivity contribution in [3.63, 3.8) is 0 Å². The zero-order valence-electron chi connectivity index (χ0n) is 16.9. The van der Waals surface area contributed by atoms with E-state index in [9.17, 15) is 4.79 Å². The molecule has 4 aromatic rings. The van der Waals surface area contributed by atoms with Gasteiger partial charge in [0.25, 0.3) is 10.7 Å². The molecule has 5 rings (SSSR count). The van der Waals surface area contributed by atoms with E-state index in [1.807, 2.05) is 31.2 Å². The monoisotopic (exact) mass is 434 g/mol. The normalized spacial score (nSPS) is 13.8. The van der Waals surface area contributed by atoms with E-state index in [4.69, 9.17) is 5.73 Å². The Morgan fingerprint density at radius 3 is 2.80 bits per heavy atom. The Labute approximate surface area is 183 Å². The number of nitrogen functional groups attached to an aromatic ring is 1. The molecule has 30 heavy (non-hydrogen) atoms. The van der Waals surface area contributed by atoms with Crippen LogP contribution < -0.4 is 16.0 Å². The first-order chi connectivity index (χ1) is 14.6. The molecular formula is C24H24N3OS2+. The van der Waals surface area contributed by atoms with E-state index < -0.39 is 0 Å². The Morgan fingerprint density at radius 2 is 2.00 bits per heavy atom. The summed E-state index contributed by atoms with van der Waals surface area (Å²) in [4.78, 5) is 19.5. The number of aromatic nitrogens is 1. The molecule has 1 aliphatic rings. The largest absolute Gasteiger partial charge is 0.397 e. The molecule has 0 saturated carbocycles. The van der Waals surface area contributed by atoms with Crippen molar-refractivity contribution in [2.75, 3.05) is 11.1 Å². The maximum Gasteiger partial charge on any atom is 0.270 e. The van der Waals surface area contributed by atoms with E-state index in [0.717, 1.165) is 34.3 Å². The molecule has 0 bridgehead atoms. The predicted molar refractivity (Wildman–Crippen MR) is 126 cm³/mol. The second-order valence-electron chi connectivity index (χ2n) is 7.87. The van der Waals surface area contributed by atoms with Gasteiger partial charge >= 0.3 is 0 Å². The van der Waals surface area contributed by atoms with Gasteiger partial charge in [0.1, 0.15) is 4.88 Å². The molecule has 1 aromatic carbocycles. The molecule has 152 valence electrons. The van der Waals surface area contributed by atoms with Crippen molar-refractivity contribution in [1.29, 1.82) is 0 Å². The Hall–Kier alpha value is -2.70. The summed E-state index contributed by atoms with van der Waals surface area (Å²) in [5, 5.41) is 6.12. The number of benzene rings is 1. The van der Waals surface area contributed by atoms with Gasteiger partial charge in [-0.15, -0.1) is 11.3 Å². The summed E-state index contributed by atoms with van der Waals surface area (Å²) in [6.45, 7) is 2.01. The molecule has 1 aliphatic carbocycles. The highest BCUT2D eigenvalue weighted by molar-refractivity contribution is 7.21. The van der Waals surface area contributed by atoms with Crippen molar-refractivity contribution >= 4 is 50.2 Å². The molecule has 0 saturated heterocycles. The van der Waals surface area contributed by atoms with Gasteiger partial charge in [-0.3, -0.25) is 4.79 Å². The van der Waals surface area contributed by atoms with Crippen LogP contribution in [-0.4, -0.2) is 5.91 Å². The fourth-order valence-corrected chi connectivity index (χ4v) is 6.19. The number of hydrogen-bond acceptors (Lipinski definition) is 4. The Kier molecular flexibility index (Phi) is 5.05. The molecule has 6 heteroatoms. The highest BCUT2D eigenvalue weighted by Crippen LogP contribution is 2.43. The second kappa shape index (κ2) is 7.85. The number of pyridine rings is 1. The molecule has 0 aliphatic heterocycles. The molecule has 4 nitrogen and oxygen atoms in total. The van der Waals surface area contributed by atoms with E-state index in [0.29, 0.717) is 10.6 Å². The van der Waals surface area contributed by atoms with Crippen molar-refractivity contribution < 1.29 is 9.78 Å². The van der Waals surface area contributed by atoms with Gasteiger partial charge in [0.2, 0.25) is 0 Å². The molecule has 3 heterocycles. The number of nitrogens with two attached hydrogens (primary N) is 1. The zero-order valence-corrected chi connectivity index (χ0v) is 18.5. The number of carbonyl (C=O) groups is 1. The minimum atomic E-state index is -0.153. The van der Waals surface area contributed by atoms with Crippen LogP contribution in [0.3, 0.4) is 0 Å². The number of rotatable bonds is 3. The topological polar surface area (TPSA) is 69.3 Å². The minimum absolute atomic E-state index is 0.153. The van der Waals surface area contributed by atoms with Crippen LogP contribution in [0.5, 0.6) is 0 Å². The first kappa shape index (κ1) is 19.3. The third-order valence-electron chi connectivity index (χ3n) is 5.73. The number of nitrogens with one attached hydrogen (secondary N) is 2. The molecule has 0 fully saturated rings. The van der Waals surface area contributed by atoms with Crippen molar-refractivity contribution in [2.45, 2.75) is 39.0 Å². The number of thiophene rings is 2. The van der Waals surface area contributed by atoms with Crippen molar-refractivity contribution in [1.82, 2.24) is 0 Å². The lowest BCUT2D eigenvalue weighted by Gasteiger charge is -2.09. The summed E-state index contributed by atoms with van der Waals surface area (Å²) >= 11 is 3.19. The smallest absolute Gasteiger partial charge is 0.270 e. The van der Waals surface area contributed by atoms with Gasteiger partial charge in [-0.05, 0) is 55.3 Å². The van der Waals surface area contributed by atoms with Gasteiger partial charge in [0, 0.05) is 28.1 Å². The van der Waals surface area contributed by atoms with Gasteiger partial charge in [-0.2, -0.15) is 4.98 Å². The average molecular weight is 435 g/mol. The molecule has 3 aromatic heterocycles. The Bertz CT molecular complexity index is 1240. The van der Waals surface area contributed by atoms with Crippen LogP contribution in [0.1, 0.15) is 45.8 Å². The number of anilines is 2. The van der Waals surface area contributed by atoms with Gasteiger partial charge in [-0.25, -0.2) is 0 Å². The minimum Gasteiger partial charge on any atom is -0.397 e. The zero-order chi connectivity index (χ0) is 20.7. The molecule has 0 radical (unpaired) electrons. The molecular weight excluding hydrogens is 410 g/mol. The first-order valence-electron chi connectivity index (χ1n) is 10.3. The molecule has 0 spiro atoms. The quantitative estimate of drug-likeness (QED) is 0.397. The Morgan fingerprint density at radius 1 is 1.13 bits per heavy atom. The van der Waals surface area contributed by atoms with E-state index in [-0.39, 0.29) is 5.91 Å². The van der Waals surface area contributed by atoms with Crippen LogP contribution in [0, 0.1) is 6.92 Å². The standard InChI is InChI=1S/C24H23N3OS2/c1-14-7-5-8-15(13-14)26-23(28)22-21(25)20-19(18-11-6-12-29-18)16-9-3-2-4-10-17(16)27-24(20)30-22/h5-8,11-13H,2-4,9-10,25H2,1H3,(H,26,28)/p+1. The summed E-state index contributed by atoms with van der Waals surface area (Å²) in [5.74, 6) is -0.153. The number of fused-ring (bicyclic) bond motifs is 2. The maximum absolute atomic E-state index is 13.1. The van der Waals surface area contributed by atoms with Gasteiger partial charge in [0.15, 0.2) is 5.69 Å². The molecule has 0 unspecified atom stereocenters. The predicted octanol–water partition coefficient (Wildman–Crippen LogP) is 5.86. The summed E-state index contributed by atoms with van der Waals surface area (Å²) in [5.41, 5.74) is 13.0. The summed E-state index contributed by atoms with van der Waals surface area (Å²) < 4.78 is 0. The van der Waals surface area contributed by atoms with E-state index in [1.165, 1.54) is 52.3 Å². The van der Waals surface area contributed by atoms with Gasteiger partial charge in [0.05, 0.1) is 11.1 Å². The van der Waals surface area contributed by atoms with Crippen LogP contribution in [-0.2, 0) is 12.8 Å². The van der Waals surface area contributed by atoms with Gasteiger partial charge < -0.3 is 11.1 Å². The fourth-order valence-electron chi connectivity index (χ4n) is 4.34. The van der Waals surface area contributed by atoms with Crippen LogP contribution in [0.4, 0.5) is 11.4 Å². The lowest BCUT2D eigenvalue weighted by Crippen LogP contribution is -2.15. The van der Waals surface area contributed by atoms with Crippen molar-refractivity contribution in [3.05, 3.63) is 63.5 Å². The average Bonchev–Trinajstić information content (AvgIpc) is 3.29. The highest BCUT2D eigenvalue weighted by atomic mass is 32.1. The van der Waals surface area contributed by atoms with Crippen LogP contribution in [0.2, 0.25) is 0 Å². The Balaban J connectivity index is 1.66. The third kappa shape index (κ3) is 3.40. The molecule has 1 amide bonds. The summed E-state index contributed by atoms with van der Waals surface area (Å²) in [6, 6.07) is 12.1. The molecule has 0 atom stereocenters. The van der Waals surface area contributed by atoms with Crippen molar-refractivity contribution in [3.8, 4) is 10.4 Å². The van der Waals surface area contributed by atoms with Crippen molar-refractivity contribution in [2.24, 2.45) is 0 Å². The van der Waals surface area contributed by atoms with Crippen LogP contribution in [0.15, 0.2) is 41.8 Å². The number of carbonyl (C=O) groups excluding carboxylic acids is 1. The highest BCUT2D eigenvalue weighted by Gasteiger charge is 2.29. The number of amides is 1. The lowest BCUT2D eigenvalue weighted by molar-refractivity contribution is -0.355. The van der Waals surface area contributed by atoms with Crippen LogP contribution in [0.25, 0.3) is 20.7 Å². The number of aromatic amines is 1. The second-order valence-corrected chi connectivity index (χ2v) is 9.84. The summed E-state index contributed by atoms with van der Waals surface area (Å²) in [6.07, 6.45) is 5.73. The maximum atomic E-state index is 13.1. The van der Waals surface area contributed by atoms with E-state index >= 15 is 0 Å². The van der Waals surface area contributed by atoms with Crippen LogP contribution >= 0.6 is 22.7 Å². The third-order valence-corrected chi connectivity index (χ3v) is 7.74. The number of H-pyrrole nitrogens is 1. The van der Waals surface area contributed by atoms with Gasteiger partial charge in [-0.1, -0.05) is 36.0 Å².